The summed E-state index contributed by atoms with van der Waals surface area (Å²) in [5, 5.41) is 11.4. The normalized spacial score (nSPS) is 12.7. The molecule has 0 heterocycles. The van der Waals surface area contributed by atoms with E-state index in [1.807, 2.05) is 0 Å². The first-order chi connectivity index (χ1) is 8.82. The van der Waals surface area contributed by atoms with Gasteiger partial charge in [0.25, 0.3) is 0 Å². The van der Waals surface area contributed by atoms with E-state index in [1.54, 1.807) is 6.92 Å². The maximum Gasteiger partial charge on any atom is 0.303 e. The molecule has 5 heteroatoms. The van der Waals surface area contributed by atoms with E-state index in [1.165, 1.54) is 0 Å². The number of carboxylic acids is 1. The molecule has 1 atom stereocenters. The average molecular weight is 272 g/mol. The van der Waals surface area contributed by atoms with Crippen molar-refractivity contribution in [2.75, 3.05) is 20.1 Å². The molecule has 1 amide bonds. The van der Waals surface area contributed by atoms with Crippen molar-refractivity contribution in [1.29, 1.82) is 0 Å². The molecule has 1 unspecified atom stereocenters. The van der Waals surface area contributed by atoms with E-state index < -0.39 is 5.97 Å². The number of carbonyl (C=O) groups excluding carboxylic acids is 1. The minimum Gasteiger partial charge on any atom is -0.481 e. The molecular weight excluding hydrogens is 244 g/mol. The van der Waals surface area contributed by atoms with Crippen LogP contribution in [0.4, 0.5) is 0 Å². The lowest BCUT2D eigenvalue weighted by Gasteiger charge is -2.20. The molecule has 0 aliphatic carbocycles. The van der Waals surface area contributed by atoms with Crippen LogP contribution in [0.3, 0.4) is 0 Å². The average Bonchev–Trinajstić information content (AvgIpc) is 2.26. The molecule has 0 aromatic rings. The Morgan fingerprint density at radius 3 is 2.32 bits per heavy atom. The van der Waals surface area contributed by atoms with Crippen molar-refractivity contribution < 1.29 is 14.7 Å². The Labute approximate surface area is 116 Å². The molecule has 0 aliphatic heterocycles. The first-order valence-corrected chi connectivity index (χ1v) is 7.01. The van der Waals surface area contributed by atoms with Gasteiger partial charge in [-0.2, -0.15) is 0 Å². The second-order valence-electron chi connectivity index (χ2n) is 5.54. The summed E-state index contributed by atoms with van der Waals surface area (Å²) in [6.07, 6.45) is 2.35. The molecule has 2 N–H and O–H groups in total. The maximum atomic E-state index is 11.5. The second-order valence-corrected chi connectivity index (χ2v) is 5.54. The van der Waals surface area contributed by atoms with Crippen LogP contribution in [-0.4, -0.2) is 48.1 Å². The fourth-order valence-corrected chi connectivity index (χ4v) is 1.73. The van der Waals surface area contributed by atoms with E-state index in [9.17, 15) is 9.59 Å². The maximum absolute atomic E-state index is 11.5. The number of carbonyl (C=O) groups is 2. The van der Waals surface area contributed by atoms with Gasteiger partial charge in [0.05, 0.1) is 0 Å². The van der Waals surface area contributed by atoms with Crippen LogP contribution in [0, 0.1) is 5.92 Å². The van der Waals surface area contributed by atoms with Gasteiger partial charge in [-0.05, 0) is 46.2 Å². The molecule has 0 aromatic heterocycles. The third-order valence-corrected chi connectivity index (χ3v) is 3.20. The highest BCUT2D eigenvalue weighted by Crippen LogP contribution is 2.06. The number of hydrogen-bond acceptors (Lipinski definition) is 3. The van der Waals surface area contributed by atoms with Gasteiger partial charge < -0.3 is 15.3 Å². The molecule has 0 fully saturated rings. The number of rotatable bonds is 10. The van der Waals surface area contributed by atoms with Crippen LogP contribution in [-0.2, 0) is 9.59 Å². The summed E-state index contributed by atoms with van der Waals surface area (Å²) in [7, 11) is 2.09. The second kappa shape index (κ2) is 9.78. The standard InChI is InChI=1S/C14H28N2O3/c1-11(2)16(4)8-6-5-7-15-13(17)9-12(3)10-14(18)19/h11-12H,5-10H2,1-4H3,(H,15,17)(H,18,19). The van der Waals surface area contributed by atoms with Gasteiger partial charge in [0.15, 0.2) is 0 Å². The summed E-state index contributed by atoms with van der Waals surface area (Å²) in [5.74, 6) is -1.01. The number of nitrogens with one attached hydrogen (secondary N) is 1. The molecule has 19 heavy (non-hydrogen) atoms. The van der Waals surface area contributed by atoms with Crippen molar-refractivity contribution in [3.05, 3.63) is 0 Å². The SMILES string of the molecule is CC(CC(=O)O)CC(=O)NCCCCN(C)C(C)C. The van der Waals surface area contributed by atoms with Gasteiger partial charge in [0, 0.05) is 25.4 Å². The van der Waals surface area contributed by atoms with Gasteiger partial charge in [-0.1, -0.05) is 6.92 Å². The van der Waals surface area contributed by atoms with Crippen molar-refractivity contribution in [1.82, 2.24) is 10.2 Å². The van der Waals surface area contributed by atoms with E-state index >= 15 is 0 Å². The van der Waals surface area contributed by atoms with E-state index in [-0.39, 0.29) is 24.7 Å². The monoisotopic (exact) mass is 272 g/mol. The number of hydrogen-bond donors (Lipinski definition) is 2. The Bertz CT molecular complexity index is 280. The molecule has 0 aromatic carbocycles. The van der Waals surface area contributed by atoms with Crippen molar-refractivity contribution in [2.24, 2.45) is 5.92 Å². The zero-order valence-electron chi connectivity index (χ0n) is 12.6. The largest absolute Gasteiger partial charge is 0.481 e. The summed E-state index contributed by atoms with van der Waals surface area (Å²) >= 11 is 0. The Balaban J connectivity index is 3.56. The van der Waals surface area contributed by atoms with Crippen LogP contribution >= 0.6 is 0 Å². The lowest BCUT2D eigenvalue weighted by molar-refractivity contribution is -0.138. The van der Waals surface area contributed by atoms with Crippen molar-refractivity contribution in [2.45, 2.75) is 52.5 Å². The lowest BCUT2D eigenvalue weighted by atomic mass is 10.0. The molecular formula is C14H28N2O3. The van der Waals surface area contributed by atoms with Crippen LogP contribution in [0.15, 0.2) is 0 Å². The third-order valence-electron chi connectivity index (χ3n) is 3.20. The number of nitrogens with zero attached hydrogens (tertiary/aromatic N) is 1. The topological polar surface area (TPSA) is 69.6 Å². The minimum atomic E-state index is -0.850. The summed E-state index contributed by atoms with van der Waals surface area (Å²) < 4.78 is 0. The Kier molecular flexibility index (Phi) is 9.21. The smallest absolute Gasteiger partial charge is 0.303 e. The molecule has 0 saturated heterocycles. The van der Waals surface area contributed by atoms with Gasteiger partial charge in [0.2, 0.25) is 5.91 Å². The molecule has 112 valence electrons. The molecule has 0 spiro atoms. The Hall–Kier alpha value is -1.10. The van der Waals surface area contributed by atoms with Gasteiger partial charge in [-0.25, -0.2) is 0 Å². The fraction of sp³-hybridized carbons (Fsp3) is 0.857. The molecule has 0 rings (SSSR count). The number of amides is 1. The van der Waals surface area contributed by atoms with Crippen LogP contribution in [0.5, 0.6) is 0 Å². The summed E-state index contributed by atoms with van der Waals surface area (Å²) in [4.78, 5) is 24.3. The quantitative estimate of drug-likeness (QED) is 0.594. The Morgan fingerprint density at radius 1 is 1.16 bits per heavy atom. The van der Waals surface area contributed by atoms with Crippen molar-refractivity contribution in [3.8, 4) is 0 Å². The van der Waals surface area contributed by atoms with Crippen molar-refractivity contribution >= 4 is 11.9 Å². The highest BCUT2D eigenvalue weighted by atomic mass is 16.4. The zero-order valence-corrected chi connectivity index (χ0v) is 12.6. The molecule has 5 nitrogen and oxygen atoms in total. The van der Waals surface area contributed by atoms with Crippen LogP contribution in [0.1, 0.15) is 46.5 Å². The fourth-order valence-electron chi connectivity index (χ4n) is 1.73. The first-order valence-electron chi connectivity index (χ1n) is 7.01. The van der Waals surface area contributed by atoms with Crippen LogP contribution < -0.4 is 5.32 Å². The third kappa shape index (κ3) is 10.5. The molecule has 0 saturated carbocycles. The van der Waals surface area contributed by atoms with Gasteiger partial charge >= 0.3 is 5.97 Å². The van der Waals surface area contributed by atoms with Crippen LogP contribution in [0.2, 0.25) is 0 Å². The van der Waals surface area contributed by atoms with E-state index in [0.717, 1.165) is 19.4 Å². The summed E-state index contributed by atoms with van der Waals surface area (Å²) in [6, 6.07) is 0.548. The van der Waals surface area contributed by atoms with E-state index in [2.05, 4.69) is 31.1 Å². The van der Waals surface area contributed by atoms with Crippen molar-refractivity contribution in [3.63, 3.8) is 0 Å². The summed E-state index contributed by atoms with van der Waals surface area (Å²) in [6.45, 7) is 7.80. The number of carboxylic acid groups (broad SMARTS) is 1. The Morgan fingerprint density at radius 2 is 1.79 bits per heavy atom. The predicted octanol–water partition coefficient (Wildman–Crippen LogP) is 1.72. The number of aliphatic carboxylic acids is 1. The molecule has 0 bridgehead atoms. The molecule has 0 aliphatic rings. The van der Waals surface area contributed by atoms with Crippen LogP contribution in [0.25, 0.3) is 0 Å². The first kappa shape index (κ1) is 17.9. The van der Waals surface area contributed by atoms with Gasteiger partial charge in [-0.3, -0.25) is 9.59 Å². The minimum absolute atomic E-state index is 0.0482. The predicted molar refractivity (Wildman–Crippen MR) is 76.0 cm³/mol. The molecule has 0 radical (unpaired) electrons. The van der Waals surface area contributed by atoms with E-state index in [4.69, 9.17) is 5.11 Å². The van der Waals surface area contributed by atoms with Gasteiger partial charge in [-0.15, -0.1) is 0 Å². The van der Waals surface area contributed by atoms with E-state index in [0.29, 0.717) is 12.6 Å². The highest BCUT2D eigenvalue weighted by molar-refractivity contribution is 5.77. The highest BCUT2D eigenvalue weighted by Gasteiger charge is 2.12. The number of unbranched alkanes of at least 4 members (excludes halogenated alkanes) is 1. The zero-order chi connectivity index (χ0) is 14.8. The summed E-state index contributed by atoms with van der Waals surface area (Å²) in [5.41, 5.74) is 0. The lowest BCUT2D eigenvalue weighted by Crippen LogP contribution is -2.29. The van der Waals surface area contributed by atoms with Gasteiger partial charge in [0.1, 0.15) is 0 Å².